The number of hydrogen-bond donors (Lipinski definition) is 3. The zero-order valence-electron chi connectivity index (χ0n) is 20.7. The normalized spacial score (nSPS) is 11.3. The van der Waals surface area contributed by atoms with Crippen molar-refractivity contribution >= 4 is 38.9 Å². The van der Waals surface area contributed by atoms with Crippen LogP contribution in [-0.2, 0) is 28.0 Å². The first-order valence-corrected chi connectivity index (χ1v) is 12.7. The van der Waals surface area contributed by atoms with Crippen LogP contribution >= 0.6 is 0 Å². The van der Waals surface area contributed by atoms with Crippen molar-refractivity contribution in [3.63, 3.8) is 0 Å². The third-order valence-electron chi connectivity index (χ3n) is 5.40. The van der Waals surface area contributed by atoms with Crippen LogP contribution in [0.5, 0.6) is 5.75 Å². The van der Waals surface area contributed by atoms with E-state index in [0.717, 1.165) is 0 Å². The molecule has 37 heavy (non-hydrogen) atoms. The van der Waals surface area contributed by atoms with Gasteiger partial charge in [0.05, 0.1) is 5.69 Å². The summed E-state index contributed by atoms with van der Waals surface area (Å²) in [4.78, 5) is 38.1. The van der Waals surface area contributed by atoms with Crippen LogP contribution in [0, 0.1) is 5.82 Å². The summed E-state index contributed by atoms with van der Waals surface area (Å²) in [6.07, 6.45) is -0.659. The van der Waals surface area contributed by atoms with Gasteiger partial charge in [-0.05, 0) is 29.3 Å². The van der Waals surface area contributed by atoms with Crippen molar-refractivity contribution < 1.29 is 31.6 Å². The molecule has 2 amide bonds. The lowest BCUT2D eigenvalue weighted by Gasteiger charge is -2.15. The van der Waals surface area contributed by atoms with Gasteiger partial charge in [-0.1, -0.05) is 19.1 Å². The van der Waals surface area contributed by atoms with Gasteiger partial charge < -0.3 is 19.4 Å². The zero-order chi connectivity index (χ0) is 27.3. The molecule has 2 aromatic carbocycles. The van der Waals surface area contributed by atoms with Crippen LogP contribution in [0.15, 0.2) is 45.6 Å². The molecular formula is C24H27FN4O7S. The molecule has 0 aliphatic carbocycles. The number of benzene rings is 2. The van der Waals surface area contributed by atoms with Crippen molar-refractivity contribution in [3.05, 3.63) is 69.3 Å². The fourth-order valence-corrected chi connectivity index (χ4v) is 3.96. The van der Waals surface area contributed by atoms with Crippen molar-refractivity contribution in [2.45, 2.75) is 26.3 Å². The Morgan fingerprint density at radius 3 is 2.51 bits per heavy atom. The van der Waals surface area contributed by atoms with Crippen molar-refractivity contribution in [3.8, 4) is 5.75 Å². The van der Waals surface area contributed by atoms with E-state index in [-0.39, 0.29) is 53.4 Å². The van der Waals surface area contributed by atoms with Crippen LogP contribution in [0.25, 0.3) is 11.0 Å². The highest BCUT2D eigenvalue weighted by molar-refractivity contribution is 7.90. The topological polar surface area (TPSA) is 147 Å². The fraction of sp³-hybridized carbons (Fsp3) is 0.292. The number of hydrogen-bond acceptors (Lipinski definition) is 7. The molecule has 3 N–H and O–H groups in total. The molecule has 198 valence electrons. The van der Waals surface area contributed by atoms with Gasteiger partial charge >= 0.3 is 11.7 Å². The number of ether oxygens (including phenoxy) is 1. The van der Waals surface area contributed by atoms with Crippen LogP contribution in [0.1, 0.15) is 30.0 Å². The van der Waals surface area contributed by atoms with E-state index in [2.05, 4.69) is 10.0 Å². The Kier molecular flexibility index (Phi) is 8.50. The Morgan fingerprint density at radius 1 is 1.14 bits per heavy atom. The third kappa shape index (κ3) is 6.62. The molecule has 0 saturated carbocycles. The van der Waals surface area contributed by atoms with E-state index >= 15 is 4.39 Å². The number of carbonyl (C=O) groups excluding carboxylic acids is 2. The van der Waals surface area contributed by atoms with Gasteiger partial charge in [0.2, 0.25) is 5.91 Å². The summed E-state index contributed by atoms with van der Waals surface area (Å²) in [5.41, 5.74) is -0.485. The van der Waals surface area contributed by atoms with E-state index in [9.17, 15) is 22.8 Å². The Labute approximate surface area is 212 Å². The second-order valence-electron chi connectivity index (χ2n) is 8.16. The van der Waals surface area contributed by atoms with Gasteiger partial charge in [-0.15, -0.1) is 0 Å². The van der Waals surface area contributed by atoms with Crippen LogP contribution in [0.2, 0.25) is 0 Å². The minimum atomic E-state index is -3.98. The van der Waals surface area contributed by atoms with Gasteiger partial charge in [0.1, 0.15) is 11.3 Å². The summed E-state index contributed by atoms with van der Waals surface area (Å²) in [5.74, 6) is -0.991. The Bertz CT molecular complexity index is 1500. The SMILES string of the molecule is CCC(=O)NCc1c(Cc2cccc(NS(=O)(=O)NC)c2F)c(=O)oc2cc(OC(=O)N(C)C)ccc12. The number of nitrogens with zero attached hydrogens (tertiary/aromatic N) is 1. The first-order chi connectivity index (χ1) is 17.5. The number of anilines is 1. The predicted octanol–water partition coefficient (Wildman–Crippen LogP) is 2.49. The van der Waals surface area contributed by atoms with E-state index in [1.165, 1.54) is 56.4 Å². The number of carbonyl (C=O) groups is 2. The largest absolute Gasteiger partial charge is 0.422 e. The maximum atomic E-state index is 15.2. The molecule has 3 aromatic rings. The molecule has 13 heteroatoms. The van der Waals surface area contributed by atoms with Crippen LogP contribution in [0.3, 0.4) is 0 Å². The van der Waals surface area contributed by atoms with E-state index in [1.54, 1.807) is 13.0 Å². The summed E-state index contributed by atoms with van der Waals surface area (Å²) in [7, 11) is 0.231. The average Bonchev–Trinajstić information content (AvgIpc) is 2.85. The van der Waals surface area contributed by atoms with Crippen LogP contribution in [0.4, 0.5) is 14.9 Å². The quantitative estimate of drug-likeness (QED) is 0.357. The fourth-order valence-electron chi connectivity index (χ4n) is 3.41. The maximum Gasteiger partial charge on any atom is 0.414 e. The predicted molar refractivity (Wildman–Crippen MR) is 135 cm³/mol. The average molecular weight is 535 g/mol. The van der Waals surface area contributed by atoms with Gasteiger partial charge in [-0.25, -0.2) is 18.7 Å². The molecular weight excluding hydrogens is 507 g/mol. The van der Waals surface area contributed by atoms with Gasteiger partial charge in [-0.3, -0.25) is 9.52 Å². The van der Waals surface area contributed by atoms with Gasteiger partial charge in [0.15, 0.2) is 5.82 Å². The van der Waals surface area contributed by atoms with Crippen LogP contribution in [-0.4, -0.2) is 46.5 Å². The summed E-state index contributed by atoms with van der Waals surface area (Å²) in [5, 5.41) is 3.16. The second-order valence-corrected chi connectivity index (χ2v) is 9.78. The molecule has 0 atom stereocenters. The highest BCUT2D eigenvalue weighted by Gasteiger charge is 2.20. The lowest BCUT2D eigenvalue weighted by Crippen LogP contribution is -2.27. The highest BCUT2D eigenvalue weighted by Crippen LogP contribution is 2.28. The first kappa shape index (κ1) is 27.6. The molecule has 0 bridgehead atoms. The molecule has 3 rings (SSSR count). The first-order valence-electron chi connectivity index (χ1n) is 11.2. The minimum Gasteiger partial charge on any atom is -0.422 e. The monoisotopic (exact) mass is 534 g/mol. The molecule has 0 aliphatic rings. The highest BCUT2D eigenvalue weighted by atomic mass is 32.2. The number of amides is 2. The van der Waals surface area contributed by atoms with E-state index in [0.29, 0.717) is 10.9 Å². The van der Waals surface area contributed by atoms with E-state index in [1.807, 2.05) is 4.72 Å². The molecule has 1 heterocycles. The van der Waals surface area contributed by atoms with Crippen molar-refractivity contribution in [1.29, 1.82) is 0 Å². The summed E-state index contributed by atoms with van der Waals surface area (Å²) >= 11 is 0. The molecule has 1 aromatic heterocycles. The number of halogens is 1. The lowest BCUT2D eigenvalue weighted by atomic mass is 9.97. The van der Waals surface area contributed by atoms with E-state index < -0.39 is 27.7 Å². The van der Waals surface area contributed by atoms with Crippen molar-refractivity contribution in [1.82, 2.24) is 14.9 Å². The Balaban J connectivity index is 2.10. The molecule has 11 nitrogen and oxygen atoms in total. The second kappa shape index (κ2) is 11.4. The molecule has 0 unspecified atom stereocenters. The van der Waals surface area contributed by atoms with Gasteiger partial charge in [0, 0.05) is 57.5 Å². The Morgan fingerprint density at radius 2 is 1.86 bits per heavy atom. The van der Waals surface area contributed by atoms with Crippen molar-refractivity contribution in [2.24, 2.45) is 0 Å². The molecule has 0 spiro atoms. The molecule has 0 aliphatic heterocycles. The number of rotatable bonds is 9. The maximum absolute atomic E-state index is 15.2. The van der Waals surface area contributed by atoms with Crippen molar-refractivity contribution in [2.75, 3.05) is 25.9 Å². The number of fused-ring (bicyclic) bond motifs is 1. The summed E-state index contributed by atoms with van der Waals surface area (Å²) < 4.78 is 53.7. The lowest BCUT2D eigenvalue weighted by molar-refractivity contribution is -0.120. The molecule has 0 saturated heterocycles. The standard InChI is InChI=1S/C24H27FN4O7S/c1-5-21(30)27-13-18-16-10-9-15(35-24(32)29(3)4)12-20(16)36-23(31)17(18)11-14-7-6-8-19(22(14)25)28-37(33,34)26-2/h6-10,12,26,28H,5,11,13H2,1-4H3,(H,27,30). The number of nitrogens with one attached hydrogen (secondary N) is 3. The molecule has 0 fully saturated rings. The summed E-state index contributed by atoms with van der Waals surface area (Å²) in [6, 6.07) is 8.55. The van der Waals surface area contributed by atoms with Gasteiger partial charge in [0.25, 0.3) is 10.2 Å². The van der Waals surface area contributed by atoms with Gasteiger partial charge in [-0.2, -0.15) is 8.42 Å². The molecule has 0 radical (unpaired) electrons. The van der Waals surface area contributed by atoms with E-state index in [4.69, 9.17) is 9.15 Å². The smallest absolute Gasteiger partial charge is 0.414 e. The summed E-state index contributed by atoms with van der Waals surface area (Å²) in [6.45, 7) is 1.63. The van der Waals surface area contributed by atoms with Crippen LogP contribution < -0.4 is 25.1 Å². The third-order valence-corrected chi connectivity index (χ3v) is 6.43. The Hall–Kier alpha value is -3.97. The zero-order valence-corrected chi connectivity index (χ0v) is 21.5. The minimum absolute atomic E-state index is 0.0301.